The topological polar surface area (TPSA) is 39.1 Å². The summed E-state index contributed by atoms with van der Waals surface area (Å²) < 4.78 is 7.39. The summed E-state index contributed by atoms with van der Waals surface area (Å²) in [5.41, 5.74) is 1.22. The zero-order valence-corrected chi connectivity index (χ0v) is 9.86. The maximum absolute atomic E-state index is 5.46. The zero-order chi connectivity index (χ0) is 11.1. The molecule has 86 valence electrons. The van der Waals surface area contributed by atoms with E-state index in [1.54, 1.807) is 0 Å². The van der Waals surface area contributed by atoms with Crippen molar-refractivity contribution in [1.29, 1.82) is 0 Å². The second kappa shape index (κ2) is 6.58. The Balaban J connectivity index is 2.26. The van der Waals surface area contributed by atoms with Crippen LogP contribution in [0, 0.1) is 0 Å². The normalized spacial score (nSPS) is 11.2. The Bertz CT molecular complexity index is 271. The Morgan fingerprint density at radius 1 is 1.53 bits per heavy atom. The number of nitrogens with zero attached hydrogens (tertiary/aromatic N) is 2. The maximum atomic E-state index is 5.46. The highest BCUT2D eigenvalue weighted by molar-refractivity contribution is 5.03. The van der Waals surface area contributed by atoms with Gasteiger partial charge in [0.2, 0.25) is 0 Å². The highest BCUT2D eigenvalue weighted by Crippen LogP contribution is 1.97. The van der Waals surface area contributed by atoms with Crippen molar-refractivity contribution in [3.8, 4) is 0 Å². The Morgan fingerprint density at radius 2 is 2.33 bits per heavy atom. The van der Waals surface area contributed by atoms with Gasteiger partial charge in [-0.1, -0.05) is 6.92 Å². The number of ether oxygens (including phenoxy) is 1. The smallest absolute Gasteiger partial charge is 0.0666 e. The summed E-state index contributed by atoms with van der Waals surface area (Å²) in [5, 5.41) is 7.53. The first kappa shape index (κ1) is 12.2. The van der Waals surface area contributed by atoms with Crippen LogP contribution in [0.1, 0.15) is 26.3 Å². The van der Waals surface area contributed by atoms with E-state index >= 15 is 0 Å². The van der Waals surface area contributed by atoms with Gasteiger partial charge < -0.3 is 10.1 Å². The molecule has 4 heteroatoms. The molecule has 0 atom stereocenters. The number of rotatable bonds is 7. The second-order valence-corrected chi connectivity index (χ2v) is 3.81. The molecule has 0 aromatic carbocycles. The Hall–Kier alpha value is -0.870. The van der Waals surface area contributed by atoms with Crippen LogP contribution >= 0.6 is 0 Å². The molecule has 1 aromatic rings. The molecule has 15 heavy (non-hydrogen) atoms. The van der Waals surface area contributed by atoms with E-state index in [-0.39, 0.29) is 0 Å². The molecule has 1 rings (SSSR count). The van der Waals surface area contributed by atoms with Crippen molar-refractivity contribution in [2.45, 2.75) is 40.0 Å². The molecule has 0 fully saturated rings. The molecule has 0 unspecified atom stereocenters. The van der Waals surface area contributed by atoms with Crippen molar-refractivity contribution >= 4 is 0 Å². The standard InChI is InChI=1S/C11H21N3O/c1-4-12-7-11-8-13-14(9-11)5-6-15-10(2)3/h8-10,12H,4-7H2,1-3H3. The molecule has 0 saturated carbocycles. The van der Waals surface area contributed by atoms with Gasteiger partial charge in [-0.15, -0.1) is 0 Å². The minimum Gasteiger partial charge on any atom is -0.377 e. The van der Waals surface area contributed by atoms with Crippen LogP contribution in [0.5, 0.6) is 0 Å². The van der Waals surface area contributed by atoms with E-state index in [1.807, 2.05) is 24.7 Å². The summed E-state index contributed by atoms with van der Waals surface area (Å²) in [6.45, 7) is 9.60. The third kappa shape index (κ3) is 4.95. The van der Waals surface area contributed by atoms with Gasteiger partial charge in [-0.25, -0.2) is 0 Å². The minimum absolute atomic E-state index is 0.293. The highest BCUT2D eigenvalue weighted by atomic mass is 16.5. The predicted octanol–water partition coefficient (Wildman–Crippen LogP) is 1.42. The fourth-order valence-electron chi connectivity index (χ4n) is 1.27. The molecule has 0 amide bonds. The van der Waals surface area contributed by atoms with Crippen molar-refractivity contribution < 1.29 is 4.74 Å². The van der Waals surface area contributed by atoms with Crippen LogP contribution in [0.3, 0.4) is 0 Å². The number of aromatic nitrogens is 2. The molecule has 1 aromatic heterocycles. The van der Waals surface area contributed by atoms with Crippen LogP contribution in [0.4, 0.5) is 0 Å². The Kier molecular flexibility index (Phi) is 5.36. The van der Waals surface area contributed by atoms with Gasteiger partial charge in [-0.3, -0.25) is 4.68 Å². The van der Waals surface area contributed by atoms with E-state index in [1.165, 1.54) is 5.56 Å². The monoisotopic (exact) mass is 211 g/mol. The molecule has 1 N–H and O–H groups in total. The van der Waals surface area contributed by atoms with Gasteiger partial charge in [-0.05, 0) is 20.4 Å². The van der Waals surface area contributed by atoms with Crippen molar-refractivity contribution in [2.24, 2.45) is 0 Å². The van der Waals surface area contributed by atoms with E-state index in [0.717, 1.165) is 26.2 Å². The lowest BCUT2D eigenvalue weighted by Gasteiger charge is -2.06. The second-order valence-electron chi connectivity index (χ2n) is 3.81. The average Bonchev–Trinajstić information content (AvgIpc) is 2.62. The molecule has 1 heterocycles. The first-order valence-electron chi connectivity index (χ1n) is 5.56. The first-order chi connectivity index (χ1) is 7.22. The van der Waals surface area contributed by atoms with Crippen LogP contribution in [-0.4, -0.2) is 29.0 Å². The zero-order valence-electron chi connectivity index (χ0n) is 9.86. The van der Waals surface area contributed by atoms with Crippen LogP contribution in [0.15, 0.2) is 12.4 Å². The van der Waals surface area contributed by atoms with Crippen molar-refractivity contribution in [2.75, 3.05) is 13.2 Å². The summed E-state index contributed by atoms with van der Waals surface area (Å²) in [6.07, 6.45) is 4.26. The minimum atomic E-state index is 0.293. The van der Waals surface area contributed by atoms with E-state index in [2.05, 4.69) is 23.5 Å². The predicted molar refractivity (Wildman–Crippen MR) is 60.7 cm³/mol. The van der Waals surface area contributed by atoms with Gasteiger partial charge in [0.15, 0.2) is 0 Å². The van der Waals surface area contributed by atoms with E-state index < -0.39 is 0 Å². The summed E-state index contributed by atoms with van der Waals surface area (Å²) >= 11 is 0. The maximum Gasteiger partial charge on any atom is 0.0666 e. The van der Waals surface area contributed by atoms with Crippen LogP contribution < -0.4 is 5.32 Å². The van der Waals surface area contributed by atoms with Crippen LogP contribution in [0.2, 0.25) is 0 Å². The average molecular weight is 211 g/mol. The van der Waals surface area contributed by atoms with Gasteiger partial charge >= 0.3 is 0 Å². The number of nitrogens with one attached hydrogen (secondary N) is 1. The molecular weight excluding hydrogens is 190 g/mol. The highest BCUT2D eigenvalue weighted by Gasteiger charge is 1.98. The van der Waals surface area contributed by atoms with Crippen molar-refractivity contribution in [3.05, 3.63) is 18.0 Å². The lowest BCUT2D eigenvalue weighted by molar-refractivity contribution is 0.0709. The summed E-state index contributed by atoms with van der Waals surface area (Å²) in [6, 6.07) is 0. The SMILES string of the molecule is CCNCc1cnn(CCOC(C)C)c1. The summed E-state index contributed by atoms with van der Waals surface area (Å²) in [4.78, 5) is 0. The Labute approximate surface area is 91.6 Å². The molecule has 0 saturated heterocycles. The number of hydrogen-bond donors (Lipinski definition) is 1. The molecule has 0 spiro atoms. The molecule has 0 aliphatic carbocycles. The first-order valence-corrected chi connectivity index (χ1v) is 5.56. The third-order valence-corrected chi connectivity index (χ3v) is 2.04. The van der Waals surface area contributed by atoms with Gasteiger partial charge in [0, 0.05) is 18.3 Å². The fraction of sp³-hybridized carbons (Fsp3) is 0.727. The summed E-state index contributed by atoms with van der Waals surface area (Å²) in [5.74, 6) is 0. The van der Waals surface area contributed by atoms with E-state index in [0.29, 0.717) is 6.10 Å². The quantitative estimate of drug-likeness (QED) is 0.741. The molecule has 0 bridgehead atoms. The molecule has 0 aliphatic heterocycles. The van der Waals surface area contributed by atoms with Gasteiger partial charge in [0.25, 0.3) is 0 Å². The fourth-order valence-corrected chi connectivity index (χ4v) is 1.27. The lowest BCUT2D eigenvalue weighted by atomic mass is 10.3. The van der Waals surface area contributed by atoms with E-state index in [9.17, 15) is 0 Å². The van der Waals surface area contributed by atoms with Crippen molar-refractivity contribution in [3.63, 3.8) is 0 Å². The number of hydrogen-bond acceptors (Lipinski definition) is 3. The third-order valence-electron chi connectivity index (χ3n) is 2.04. The Morgan fingerprint density at radius 3 is 3.00 bits per heavy atom. The largest absolute Gasteiger partial charge is 0.377 e. The van der Waals surface area contributed by atoms with Crippen LogP contribution in [0.25, 0.3) is 0 Å². The van der Waals surface area contributed by atoms with E-state index in [4.69, 9.17) is 4.74 Å². The molecule has 0 aliphatic rings. The van der Waals surface area contributed by atoms with Gasteiger partial charge in [0.05, 0.1) is 25.5 Å². The lowest BCUT2D eigenvalue weighted by Crippen LogP contribution is -2.12. The molecule has 4 nitrogen and oxygen atoms in total. The van der Waals surface area contributed by atoms with Crippen molar-refractivity contribution in [1.82, 2.24) is 15.1 Å². The van der Waals surface area contributed by atoms with Gasteiger partial charge in [0.1, 0.15) is 0 Å². The molecular formula is C11H21N3O. The molecule has 0 radical (unpaired) electrons. The van der Waals surface area contributed by atoms with Gasteiger partial charge in [-0.2, -0.15) is 5.10 Å². The summed E-state index contributed by atoms with van der Waals surface area (Å²) in [7, 11) is 0. The van der Waals surface area contributed by atoms with Crippen LogP contribution in [-0.2, 0) is 17.8 Å².